The minimum Gasteiger partial charge on any atom is -0.505 e. The fourth-order valence-electron chi connectivity index (χ4n) is 4.93. The molecule has 5 aromatic rings. The van der Waals surface area contributed by atoms with E-state index in [4.69, 9.17) is 16.3 Å². The van der Waals surface area contributed by atoms with Crippen LogP contribution in [-0.2, 0) is 14.3 Å². The molecule has 3 aromatic heterocycles. The Morgan fingerprint density at radius 2 is 1.82 bits per heavy atom. The zero-order valence-corrected chi connectivity index (χ0v) is 23.1. The lowest BCUT2D eigenvalue weighted by molar-refractivity contribution is -0.132. The van der Waals surface area contributed by atoms with Gasteiger partial charge in [0.1, 0.15) is 11.3 Å². The summed E-state index contributed by atoms with van der Waals surface area (Å²) in [6.07, 6.45) is 1.81. The van der Waals surface area contributed by atoms with Crippen molar-refractivity contribution in [1.82, 2.24) is 14.4 Å². The van der Waals surface area contributed by atoms with Gasteiger partial charge in [-0.2, -0.15) is 0 Å². The molecule has 0 radical (unpaired) electrons. The lowest BCUT2D eigenvalue weighted by Gasteiger charge is -2.23. The summed E-state index contributed by atoms with van der Waals surface area (Å²) in [6.45, 7) is 3.68. The van der Waals surface area contributed by atoms with Gasteiger partial charge in [0.15, 0.2) is 10.9 Å². The van der Waals surface area contributed by atoms with E-state index >= 15 is 0 Å². The van der Waals surface area contributed by atoms with E-state index in [0.717, 1.165) is 10.3 Å². The van der Waals surface area contributed by atoms with Crippen LogP contribution in [0.15, 0.2) is 66.4 Å². The van der Waals surface area contributed by atoms with E-state index in [0.29, 0.717) is 33.0 Å². The van der Waals surface area contributed by atoms with E-state index in [9.17, 15) is 19.5 Å². The molecule has 1 aliphatic rings. The van der Waals surface area contributed by atoms with E-state index in [1.807, 2.05) is 29.7 Å². The maximum Gasteiger partial charge on any atom is 0.337 e. The fraction of sp³-hybridized carbons (Fsp3) is 0.138. The van der Waals surface area contributed by atoms with Gasteiger partial charge in [0.2, 0.25) is 0 Å². The molecule has 200 valence electrons. The maximum atomic E-state index is 13.6. The standard InChI is InChI=1S/C29H21ClN4O5S/c1-14-5-4-12-33-15(2)22(32-26(14)33)24(35)21-23(16-6-8-17(9-7-16)28(38)39-3)34(27(37)25(21)36)29-31-19-11-10-18(30)13-20(19)40-29/h4-13,23,35H,1-3H3/b24-21+. The number of carbonyl (C=O) groups excluding carboxylic acids is 3. The molecule has 0 aliphatic carbocycles. The smallest absolute Gasteiger partial charge is 0.337 e. The van der Waals surface area contributed by atoms with Gasteiger partial charge in [-0.25, -0.2) is 14.8 Å². The normalized spacial score (nSPS) is 16.8. The zero-order valence-electron chi connectivity index (χ0n) is 21.5. The van der Waals surface area contributed by atoms with Crippen molar-refractivity contribution in [1.29, 1.82) is 0 Å². The minimum atomic E-state index is -1.03. The highest BCUT2D eigenvalue weighted by Gasteiger charge is 2.48. The molecule has 11 heteroatoms. The Morgan fingerprint density at radius 3 is 2.52 bits per heavy atom. The summed E-state index contributed by atoms with van der Waals surface area (Å²) < 4.78 is 7.35. The molecule has 6 rings (SSSR count). The van der Waals surface area contributed by atoms with Crippen molar-refractivity contribution in [2.45, 2.75) is 19.9 Å². The number of Topliss-reactive ketones (excluding diaryl/α,β-unsaturated/α-hetero) is 1. The van der Waals surface area contributed by atoms with E-state index in [1.54, 1.807) is 49.4 Å². The third-order valence-corrected chi connectivity index (χ3v) is 8.20. The molecular weight excluding hydrogens is 552 g/mol. The number of aryl methyl sites for hydroxylation is 2. The first kappa shape index (κ1) is 25.7. The van der Waals surface area contributed by atoms with Gasteiger partial charge in [-0.3, -0.25) is 14.5 Å². The van der Waals surface area contributed by atoms with Crippen LogP contribution in [0, 0.1) is 13.8 Å². The number of halogens is 1. The highest BCUT2D eigenvalue weighted by molar-refractivity contribution is 7.22. The van der Waals surface area contributed by atoms with Crippen LogP contribution in [0.4, 0.5) is 5.13 Å². The number of hydrogen-bond donors (Lipinski definition) is 1. The summed E-state index contributed by atoms with van der Waals surface area (Å²) in [6, 6.07) is 14.2. The summed E-state index contributed by atoms with van der Waals surface area (Å²) in [7, 11) is 1.28. The number of methoxy groups -OCH3 is 1. The maximum absolute atomic E-state index is 13.6. The van der Waals surface area contributed by atoms with Crippen molar-refractivity contribution < 1.29 is 24.2 Å². The summed E-state index contributed by atoms with van der Waals surface area (Å²) in [5.41, 5.74) is 3.57. The molecular formula is C29H21ClN4O5S. The number of anilines is 1. The van der Waals surface area contributed by atoms with Gasteiger partial charge in [-0.15, -0.1) is 0 Å². The summed E-state index contributed by atoms with van der Waals surface area (Å²) in [5.74, 6) is -2.64. The van der Waals surface area contributed by atoms with Gasteiger partial charge in [-0.1, -0.05) is 41.1 Å². The molecule has 1 saturated heterocycles. The Kier molecular flexibility index (Phi) is 6.16. The Hall–Kier alpha value is -4.54. The first-order valence-electron chi connectivity index (χ1n) is 12.2. The number of ether oxygens (including phenoxy) is 1. The summed E-state index contributed by atoms with van der Waals surface area (Å²) in [4.78, 5) is 49.7. The van der Waals surface area contributed by atoms with Crippen LogP contribution in [0.2, 0.25) is 5.02 Å². The zero-order chi connectivity index (χ0) is 28.3. The van der Waals surface area contributed by atoms with E-state index in [1.165, 1.54) is 23.3 Å². The predicted octanol–water partition coefficient (Wildman–Crippen LogP) is 5.63. The summed E-state index contributed by atoms with van der Waals surface area (Å²) >= 11 is 7.37. The van der Waals surface area contributed by atoms with Gasteiger partial charge in [0, 0.05) is 11.2 Å². The van der Waals surface area contributed by atoms with Crippen LogP contribution in [0.25, 0.3) is 21.6 Å². The Labute approximate surface area is 236 Å². The second-order valence-electron chi connectivity index (χ2n) is 9.32. The van der Waals surface area contributed by atoms with Crippen molar-refractivity contribution in [2.24, 2.45) is 0 Å². The summed E-state index contributed by atoms with van der Waals surface area (Å²) in [5, 5.41) is 12.4. The molecule has 1 amide bonds. The van der Waals surface area contributed by atoms with E-state index in [-0.39, 0.29) is 16.4 Å². The average molecular weight is 573 g/mol. The number of hydrogen-bond acceptors (Lipinski definition) is 8. The Balaban J connectivity index is 1.58. The first-order valence-corrected chi connectivity index (χ1v) is 13.4. The van der Waals surface area contributed by atoms with Gasteiger partial charge < -0.3 is 14.2 Å². The topological polar surface area (TPSA) is 114 Å². The third kappa shape index (κ3) is 3.95. The second kappa shape index (κ2) is 9.58. The number of fused-ring (bicyclic) bond motifs is 2. The van der Waals surface area contributed by atoms with Gasteiger partial charge >= 0.3 is 11.9 Å². The monoisotopic (exact) mass is 572 g/mol. The van der Waals surface area contributed by atoms with Crippen LogP contribution in [0.3, 0.4) is 0 Å². The number of esters is 1. The molecule has 9 nitrogen and oxygen atoms in total. The van der Waals surface area contributed by atoms with Crippen molar-refractivity contribution >= 4 is 67.4 Å². The molecule has 1 fully saturated rings. The molecule has 1 unspecified atom stereocenters. The molecule has 0 saturated carbocycles. The highest BCUT2D eigenvalue weighted by atomic mass is 35.5. The van der Waals surface area contributed by atoms with Crippen molar-refractivity contribution in [3.8, 4) is 0 Å². The number of benzene rings is 2. The van der Waals surface area contributed by atoms with Crippen LogP contribution < -0.4 is 4.90 Å². The Morgan fingerprint density at radius 1 is 1.07 bits per heavy atom. The number of imidazole rings is 1. The van der Waals surface area contributed by atoms with E-state index in [2.05, 4.69) is 9.97 Å². The number of aromatic nitrogens is 3. The molecule has 0 spiro atoms. The SMILES string of the molecule is COC(=O)c1ccc(C2/C(=C(\O)c3nc4c(C)cccn4c3C)C(=O)C(=O)N2c2nc3ccc(Cl)cc3s2)cc1. The first-order chi connectivity index (χ1) is 19.2. The number of aliphatic hydroxyl groups excluding tert-OH is 1. The highest BCUT2D eigenvalue weighted by Crippen LogP contribution is 2.44. The van der Waals surface area contributed by atoms with Gasteiger partial charge in [0.25, 0.3) is 5.78 Å². The molecule has 1 N–H and O–H groups in total. The largest absolute Gasteiger partial charge is 0.505 e. The molecule has 2 aromatic carbocycles. The van der Waals surface area contributed by atoms with Crippen LogP contribution in [0.5, 0.6) is 0 Å². The minimum absolute atomic E-state index is 0.128. The molecule has 0 bridgehead atoms. The van der Waals surface area contributed by atoms with Crippen LogP contribution >= 0.6 is 22.9 Å². The third-order valence-electron chi connectivity index (χ3n) is 6.95. The lowest BCUT2D eigenvalue weighted by Crippen LogP contribution is -2.29. The number of amides is 1. The molecule has 1 atom stereocenters. The van der Waals surface area contributed by atoms with Gasteiger partial charge in [0.05, 0.1) is 40.2 Å². The fourth-order valence-corrected chi connectivity index (χ4v) is 6.20. The number of carbonyl (C=O) groups is 3. The number of aliphatic hydroxyl groups is 1. The number of pyridine rings is 1. The van der Waals surface area contributed by atoms with Crippen LogP contribution in [0.1, 0.15) is 38.9 Å². The quantitative estimate of drug-likeness (QED) is 0.128. The lowest BCUT2D eigenvalue weighted by atomic mass is 9.95. The van der Waals surface area contributed by atoms with Crippen molar-refractivity contribution in [3.05, 3.63) is 99.5 Å². The van der Waals surface area contributed by atoms with Crippen LogP contribution in [-0.4, -0.2) is 44.2 Å². The number of ketones is 1. The van der Waals surface area contributed by atoms with Crippen molar-refractivity contribution in [2.75, 3.05) is 12.0 Å². The molecule has 40 heavy (non-hydrogen) atoms. The van der Waals surface area contributed by atoms with Gasteiger partial charge in [-0.05, 0) is 61.4 Å². The second-order valence-corrected chi connectivity index (χ2v) is 10.8. The predicted molar refractivity (Wildman–Crippen MR) is 152 cm³/mol. The average Bonchev–Trinajstić information content (AvgIpc) is 3.60. The van der Waals surface area contributed by atoms with E-state index < -0.39 is 29.5 Å². The number of rotatable bonds is 4. The molecule has 4 heterocycles. The number of thiazole rings is 1. The number of nitrogens with zero attached hydrogens (tertiary/aromatic N) is 4. The van der Waals surface area contributed by atoms with Crippen molar-refractivity contribution in [3.63, 3.8) is 0 Å². The Bertz CT molecular complexity index is 1910. The molecule has 1 aliphatic heterocycles.